The van der Waals surface area contributed by atoms with Gasteiger partial charge in [-0.05, 0) is 17.7 Å². The summed E-state index contributed by atoms with van der Waals surface area (Å²) in [4.78, 5) is 27.0. The summed E-state index contributed by atoms with van der Waals surface area (Å²) in [7, 11) is 0. The maximum atomic E-state index is 12.9. The highest BCUT2D eigenvalue weighted by Crippen LogP contribution is 2.38. The standard InChI is InChI=1S/C22H21N5O2/c28-21(11-10-20-24-18-8-4-5-9-19(18)25-20)27-12-16(15-6-2-1-3-7-15)17(13-27)22-23-14-29-26-22/h1-9,14,16-17H,10-13H2,(H,24,25)/t16-,17-/m0/s1. The van der Waals surface area contributed by atoms with E-state index in [4.69, 9.17) is 4.52 Å². The third kappa shape index (κ3) is 3.51. The van der Waals surface area contributed by atoms with Crippen LogP contribution in [-0.2, 0) is 11.2 Å². The van der Waals surface area contributed by atoms with Gasteiger partial charge in [-0.2, -0.15) is 4.98 Å². The van der Waals surface area contributed by atoms with E-state index in [-0.39, 0.29) is 17.7 Å². The molecule has 7 nitrogen and oxygen atoms in total. The van der Waals surface area contributed by atoms with Crippen molar-refractivity contribution in [2.45, 2.75) is 24.7 Å². The molecule has 2 aromatic carbocycles. The number of imidazole rings is 1. The molecule has 29 heavy (non-hydrogen) atoms. The average molecular weight is 387 g/mol. The molecule has 0 spiro atoms. The van der Waals surface area contributed by atoms with Crippen molar-refractivity contribution >= 4 is 16.9 Å². The molecule has 1 amide bonds. The van der Waals surface area contributed by atoms with Crippen LogP contribution in [0.2, 0.25) is 0 Å². The highest BCUT2D eigenvalue weighted by Gasteiger charge is 2.39. The largest absolute Gasteiger partial charge is 0.343 e. The Morgan fingerprint density at radius 1 is 1.07 bits per heavy atom. The van der Waals surface area contributed by atoms with Gasteiger partial charge in [-0.1, -0.05) is 47.6 Å². The number of amides is 1. The SMILES string of the molecule is O=C(CCc1nc2ccccc2[nH]1)N1C[C@H](c2ncon2)[C@H](c2ccccc2)C1. The third-order valence-corrected chi connectivity index (χ3v) is 5.62. The summed E-state index contributed by atoms with van der Waals surface area (Å²) in [6.07, 6.45) is 2.36. The number of H-pyrrole nitrogens is 1. The Hall–Kier alpha value is -3.48. The van der Waals surface area contributed by atoms with Gasteiger partial charge in [0, 0.05) is 37.8 Å². The van der Waals surface area contributed by atoms with Crippen molar-refractivity contribution in [2.75, 3.05) is 13.1 Å². The summed E-state index contributed by atoms with van der Waals surface area (Å²) in [5.74, 6) is 1.81. The number of aromatic nitrogens is 4. The number of para-hydroxylation sites is 2. The van der Waals surface area contributed by atoms with E-state index in [1.165, 1.54) is 12.0 Å². The molecular formula is C22H21N5O2. The van der Waals surface area contributed by atoms with Gasteiger partial charge in [0.15, 0.2) is 5.82 Å². The Balaban J connectivity index is 1.30. The van der Waals surface area contributed by atoms with Crippen molar-refractivity contribution in [1.29, 1.82) is 0 Å². The first-order valence-electron chi connectivity index (χ1n) is 9.80. The van der Waals surface area contributed by atoms with E-state index < -0.39 is 0 Å². The van der Waals surface area contributed by atoms with Crippen LogP contribution in [0.5, 0.6) is 0 Å². The summed E-state index contributed by atoms with van der Waals surface area (Å²) in [5, 5.41) is 4.05. The maximum absolute atomic E-state index is 12.9. The number of benzene rings is 2. The molecular weight excluding hydrogens is 366 g/mol. The molecule has 7 heteroatoms. The Morgan fingerprint density at radius 3 is 2.66 bits per heavy atom. The van der Waals surface area contributed by atoms with Gasteiger partial charge in [-0.3, -0.25) is 4.79 Å². The lowest BCUT2D eigenvalue weighted by Crippen LogP contribution is -2.29. The molecule has 0 radical (unpaired) electrons. The molecule has 2 atom stereocenters. The summed E-state index contributed by atoms with van der Waals surface area (Å²) in [5.41, 5.74) is 3.12. The van der Waals surface area contributed by atoms with Crippen molar-refractivity contribution < 1.29 is 9.32 Å². The monoisotopic (exact) mass is 387 g/mol. The van der Waals surface area contributed by atoms with Gasteiger partial charge in [0.25, 0.3) is 0 Å². The van der Waals surface area contributed by atoms with E-state index in [0.29, 0.717) is 31.8 Å². The lowest BCUT2D eigenvalue weighted by atomic mass is 9.88. The minimum absolute atomic E-state index is 0.0336. The van der Waals surface area contributed by atoms with Crippen LogP contribution < -0.4 is 0 Å². The molecule has 4 aromatic rings. The van der Waals surface area contributed by atoms with Crippen LogP contribution in [0.15, 0.2) is 65.5 Å². The Morgan fingerprint density at radius 2 is 1.86 bits per heavy atom. The third-order valence-electron chi connectivity index (χ3n) is 5.62. The molecule has 0 saturated carbocycles. The number of nitrogens with zero attached hydrogens (tertiary/aromatic N) is 4. The minimum Gasteiger partial charge on any atom is -0.343 e. The quantitative estimate of drug-likeness (QED) is 0.568. The van der Waals surface area contributed by atoms with Crippen LogP contribution in [-0.4, -0.2) is 44.0 Å². The molecule has 3 heterocycles. The number of rotatable bonds is 5. The van der Waals surface area contributed by atoms with Gasteiger partial charge in [0.05, 0.1) is 11.0 Å². The van der Waals surface area contributed by atoms with E-state index >= 15 is 0 Å². The Bertz CT molecular complexity index is 1070. The van der Waals surface area contributed by atoms with Crippen LogP contribution in [0.25, 0.3) is 11.0 Å². The van der Waals surface area contributed by atoms with Gasteiger partial charge in [-0.15, -0.1) is 0 Å². The van der Waals surface area contributed by atoms with Crippen LogP contribution in [0, 0.1) is 0 Å². The molecule has 1 saturated heterocycles. The Kier molecular flexibility index (Phi) is 4.56. The van der Waals surface area contributed by atoms with Crippen molar-refractivity contribution in [1.82, 2.24) is 25.0 Å². The Labute approximate surface area is 167 Å². The number of carbonyl (C=O) groups is 1. The van der Waals surface area contributed by atoms with Crippen LogP contribution in [0.1, 0.15) is 35.5 Å². The molecule has 1 N–H and O–H groups in total. The fourth-order valence-corrected chi connectivity index (χ4v) is 4.16. The first kappa shape index (κ1) is 17.6. The second-order valence-electron chi connectivity index (χ2n) is 7.41. The predicted molar refractivity (Wildman–Crippen MR) is 107 cm³/mol. The van der Waals surface area contributed by atoms with E-state index in [9.17, 15) is 4.79 Å². The number of likely N-dealkylation sites (tertiary alicyclic amines) is 1. The smallest absolute Gasteiger partial charge is 0.223 e. The van der Waals surface area contributed by atoms with Crippen LogP contribution in [0.4, 0.5) is 0 Å². The van der Waals surface area contributed by atoms with E-state index in [2.05, 4.69) is 32.2 Å². The number of carbonyl (C=O) groups excluding carboxylic acids is 1. The highest BCUT2D eigenvalue weighted by molar-refractivity contribution is 5.78. The number of nitrogens with one attached hydrogen (secondary N) is 1. The molecule has 0 aliphatic carbocycles. The topological polar surface area (TPSA) is 87.9 Å². The number of hydrogen-bond donors (Lipinski definition) is 1. The lowest BCUT2D eigenvalue weighted by Gasteiger charge is -2.16. The summed E-state index contributed by atoms with van der Waals surface area (Å²) in [6.45, 7) is 1.25. The van der Waals surface area contributed by atoms with E-state index in [1.54, 1.807) is 0 Å². The van der Waals surface area contributed by atoms with Gasteiger partial charge < -0.3 is 14.4 Å². The lowest BCUT2D eigenvalue weighted by molar-refractivity contribution is -0.130. The molecule has 2 aromatic heterocycles. The molecule has 1 aliphatic rings. The molecule has 0 unspecified atom stereocenters. The van der Waals surface area contributed by atoms with Crippen LogP contribution >= 0.6 is 0 Å². The molecule has 1 fully saturated rings. The zero-order valence-corrected chi connectivity index (χ0v) is 15.9. The normalized spacial score (nSPS) is 19.1. The van der Waals surface area contributed by atoms with Crippen molar-refractivity contribution in [3.63, 3.8) is 0 Å². The summed E-state index contributed by atoms with van der Waals surface area (Å²) < 4.78 is 4.96. The van der Waals surface area contributed by atoms with Crippen molar-refractivity contribution in [3.05, 3.63) is 78.2 Å². The number of hydrogen-bond acceptors (Lipinski definition) is 5. The first-order chi connectivity index (χ1) is 14.3. The average Bonchev–Trinajstić information content (AvgIpc) is 3.51. The maximum Gasteiger partial charge on any atom is 0.223 e. The summed E-state index contributed by atoms with van der Waals surface area (Å²) >= 11 is 0. The zero-order chi connectivity index (χ0) is 19.6. The second-order valence-corrected chi connectivity index (χ2v) is 7.41. The molecule has 146 valence electrons. The number of aryl methyl sites for hydroxylation is 1. The van der Waals surface area contributed by atoms with E-state index in [1.807, 2.05) is 47.4 Å². The zero-order valence-electron chi connectivity index (χ0n) is 15.9. The minimum atomic E-state index is 0.0336. The van der Waals surface area contributed by atoms with E-state index in [0.717, 1.165) is 16.9 Å². The number of fused-ring (bicyclic) bond motifs is 1. The van der Waals surface area contributed by atoms with Gasteiger partial charge in [-0.25, -0.2) is 4.98 Å². The fourth-order valence-electron chi connectivity index (χ4n) is 4.16. The van der Waals surface area contributed by atoms with Crippen molar-refractivity contribution in [3.8, 4) is 0 Å². The number of aromatic amines is 1. The molecule has 1 aliphatic heterocycles. The second kappa shape index (κ2) is 7.50. The molecule has 5 rings (SSSR count). The predicted octanol–water partition coefficient (Wildman–Crippen LogP) is 3.29. The molecule has 0 bridgehead atoms. The first-order valence-corrected chi connectivity index (χ1v) is 9.80. The highest BCUT2D eigenvalue weighted by atomic mass is 16.5. The summed E-state index contributed by atoms with van der Waals surface area (Å²) in [6, 6.07) is 18.1. The van der Waals surface area contributed by atoms with Crippen molar-refractivity contribution in [2.24, 2.45) is 0 Å². The van der Waals surface area contributed by atoms with Crippen LogP contribution in [0.3, 0.4) is 0 Å². The fraction of sp³-hybridized carbons (Fsp3) is 0.273. The van der Waals surface area contributed by atoms with Gasteiger partial charge in [0.2, 0.25) is 12.3 Å². The van der Waals surface area contributed by atoms with Gasteiger partial charge >= 0.3 is 0 Å². The van der Waals surface area contributed by atoms with Gasteiger partial charge in [0.1, 0.15) is 5.82 Å².